The third-order valence-corrected chi connectivity index (χ3v) is 6.09. The van der Waals surface area contributed by atoms with Crippen LogP contribution in [0.5, 0.6) is 0 Å². The van der Waals surface area contributed by atoms with Crippen LogP contribution in [-0.2, 0) is 0 Å². The van der Waals surface area contributed by atoms with Crippen LogP contribution in [0.15, 0.2) is 0 Å². The minimum atomic E-state index is 0.906. The molecule has 0 spiro atoms. The molecule has 0 fully saturated rings. The van der Waals surface area contributed by atoms with Crippen molar-refractivity contribution in [1.29, 1.82) is 0 Å². The molecule has 0 amide bonds. The van der Waals surface area contributed by atoms with Crippen molar-refractivity contribution in [3.8, 4) is 0 Å². The first kappa shape index (κ1) is 23.9. The van der Waals surface area contributed by atoms with E-state index in [9.17, 15) is 0 Å². The molecule has 146 valence electrons. The molecule has 0 unspecified atom stereocenters. The predicted molar refractivity (Wildman–Crippen MR) is 110 cm³/mol. The number of unbranched alkanes of at least 4 members (excludes halogenated alkanes) is 3. The van der Waals surface area contributed by atoms with Crippen LogP contribution in [0.25, 0.3) is 0 Å². The van der Waals surface area contributed by atoms with Gasteiger partial charge in [-0.25, -0.2) is 0 Å². The zero-order valence-corrected chi connectivity index (χ0v) is 18.5. The molecule has 2 nitrogen and oxygen atoms in total. The van der Waals surface area contributed by atoms with Crippen molar-refractivity contribution >= 4 is 0 Å². The Hall–Kier alpha value is -0.0800. The van der Waals surface area contributed by atoms with E-state index in [1.807, 2.05) is 0 Å². The summed E-state index contributed by atoms with van der Waals surface area (Å²) in [7, 11) is 9.70. The monoisotopic (exact) mass is 342 g/mol. The zero-order chi connectivity index (χ0) is 18.6. The van der Waals surface area contributed by atoms with Crippen LogP contribution in [0.1, 0.15) is 79.1 Å². The van der Waals surface area contributed by atoms with Gasteiger partial charge in [-0.2, -0.15) is 0 Å². The molecule has 0 N–H and O–H groups in total. The Morgan fingerprint density at radius 3 is 1.04 bits per heavy atom. The fraction of sp³-hybridized carbons (Fsp3) is 1.00. The number of quaternary nitrogens is 2. The summed E-state index contributed by atoms with van der Waals surface area (Å²) in [4.78, 5) is 0. The Morgan fingerprint density at radius 1 is 0.500 bits per heavy atom. The summed E-state index contributed by atoms with van der Waals surface area (Å²) in [6.45, 7) is 14.8. The highest BCUT2D eigenvalue weighted by atomic mass is 15.3. The van der Waals surface area contributed by atoms with Gasteiger partial charge in [0.25, 0.3) is 0 Å². The lowest BCUT2D eigenvalue weighted by molar-refractivity contribution is -0.894. The lowest BCUT2D eigenvalue weighted by Gasteiger charge is -2.34. The van der Waals surface area contributed by atoms with E-state index < -0.39 is 0 Å². The first-order valence-electron chi connectivity index (χ1n) is 10.8. The molecule has 0 aromatic heterocycles. The first-order chi connectivity index (χ1) is 11.2. The van der Waals surface area contributed by atoms with Crippen LogP contribution in [-0.4, -0.2) is 63.3 Å². The van der Waals surface area contributed by atoms with Crippen LogP contribution in [0.4, 0.5) is 0 Å². The summed E-state index contributed by atoms with van der Waals surface area (Å²) in [5, 5.41) is 0. The standard InChI is InChI=1S/C22H50N2/c1-9-21(10-2)19-23(5,6)17-15-13-14-16-18-24(7,8)20-22(11-3)12-4/h21-22H,9-20H2,1-8H3/q+2. The fourth-order valence-electron chi connectivity index (χ4n) is 4.11. The lowest BCUT2D eigenvalue weighted by Crippen LogP contribution is -2.44. The molecule has 0 aliphatic rings. The molecule has 0 saturated carbocycles. The SMILES string of the molecule is CCC(CC)C[N+](C)(C)CCCCCC[N+](C)(C)CC(CC)CC. The molecular weight excluding hydrogens is 292 g/mol. The van der Waals surface area contributed by atoms with Gasteiger partial charge in [-0.3, -0.25) is 0 Å². The van der Waals surface area contributed by atoms with Gasteiger partial charge < -0.3 is 8.97 Å². The number of hydrogen-bond donors (Lipinski definition) is 0. The maximum Gasteiger partial charge on any atom is 0.0810 e. The fourth-order valence-corrected chi connectivity index (χ4v) is 4.11. The van der Waals surface area contributed by atoms with Crippen molar-refractivity contribution in [3.05, 3.63) is 0 Å². The van der Waals surface area contributed by atoms with Crippen LogP contribution < -0.4 is 0 Å². The van der Waals surface area contributed by atoms with Gasteiger partial charge in [-0.15, -0.1) is 0 Å². The Balaban J connectivity index is 3.89. The molecule has 2 heteroatoms. The molecule has 24 heavy (non-hydrogen) atoms. The van der Waals surface area contributed by atoms with Crippen molar-refractivity contribution in [2.75, 3.05) is 54.4 Å². The summed E-state index contributed by atoms with van der Waals surface area (Å²) in [5.41, 5.74) is 0. The van der Waals surface area contributed by atoms with E-state index in [1.165, 1.54) is 86.5 Å². The zero-order valence-electron chi connectivity index (χ0n) is 18.5. The van der Waals surface area contributed by atoms with E-state index in [0.29, 0.717) is 0 Å². The van der Waals surface area contributed by atoms with Crippen molar-refractivity contribution in [1.82, 2.24) is 0 Å². The molecule has 0 radical (unpaired) electrons. The maximum absolute atomic E-state index is 2.42. The first-order valence-corrected chi connectivity index (χ1v) is 10.8. The highest BCUT2D eigenvalue weighted by Crippen LogP contribution is 2.16. The van der Waals surface area contributed by atoms with Crippen LogP contribution in [0, 0.1) is 11.8 Å². The van der Waals surface area contributed by atoms with E-state index in [2.05, 4.69) is 55.9 Å². The smallest absolute Gasteiger partial charge is 0.0810 e. The number of nitrogens with zero attached hydrogens (tertiary/aromatic N) is 2. The molecule has 0 heterocycles. The minimum absolute atomic E-state index is 0.906. The van der Waals surface area contributed by atoms with Crippen LogP contribution in [0.3, 0.4) is 0 Å². The molecule has 0 aromatic rings. The van der Waals surface area contributed by atoms with Gasteiger partial charge in [-0.05, 0) is 51.4 Å². The van der Waals surface area contributed by atoms with Crippen molar-refractivity contribution in [2.24, 2.45) is 11.8 Å². The molecule has 0 atom stereocenters. The average molecular weight is 343 g/mol. The van der Waals surface area contributed by atoms with Gasteiger partial charge in [-0.1, -0.05) is 27.7 Å². The van der Waals surface area contributed by atoms with Gasteiger partial charge in [0.1, 0.15) is 0 Å². The largest absolute Gasteiger partial charge is 0.328 e. The van der Waals surface area contributed by atoms with E-state index in [0.717, 1.165) is 11.8 Å². The Labute approximate surface area is 154 Å². The molecule has 0 rings (SSSR count). The van der Waals surface area contributed by atoms with Crippen molar-refractivity contribution in [3.63, 3.8) is 0 Å². The molecule has 0 bridgehead atoms. The molecule has 0 aliphatic carbocycles. The van der Waals surface area contributed by atoms with E-state index in [4.69, 9.17) is 0 Å². The Morgan fingerprint density at radius 2 is 0.792 bits per heavy atom. The van der Waals surface area contributed by atoms with Gasteiger partial charge in [0, 0.05) is 11.8 Å². The second-order valence-corrected chi connectivity index (χ2v) is 9.46. The highest BCUT2D eigenvalue weighted by Gasteiger charge is 2.21. The van der Waals surface area contributed by atoms with Crippen molar-refractivity contribution < 1.29 is 8.97 Å². The Kier molecular flexibility index (Phi) is 12.3. The average Bonchev–Trinajstić information content (AvgIpc) is 2.53. The molecule has 0 aliphatic heterocycles. The summed E-state index contributed by atoms with van der Waals surface area (Å²) in [6, 6.07) is 0. The molecule has 0 aromatic carbocycles. The van der Waals surface area contributed by atoms with Gasteiger partial charge >= 0.3 is 0 Å². The van der Waals surface area contributed by atoms with E-state index in [-0.39, 0.29) is 0 Å². The second-order valence-electron chi connectivity index (χ2n) is 9.46. The van der Waals surface area contributed by atoms with Crippen LogP contribution in [0.2, 0.25) is 0 Å². The molecular formula is C22H50N2+2. The van der Waals surface area contributed by atoms with E-state index in [1.54, 1.807) is 0 Å². The second kappa shape index (κ2) is 12.3. The van der Waals surface area contributed by atoms with Gasteiger partial charge in [0.05, 0.1) is 54.4 Å². The predicted octanol–water partition coefficient (Wildman–Crippen LogP) is 5.57. The topological polar surface area (TPSA) is 0 Å². The third-order valence-electron chi connectivity index (χ3n) is 6.09. The third kappa shape index (κ3) is 11.5. The number of rotatable bonds is 15. The quantitative estimate of drug-likeness (QED) is 0.269. The summed E-state index contributed by atoms with van der Waals surface area (Å²) >= 11 is 0. The van der Waals surface area contributed by atoms with Gasteiger partial charge in [0.15, 0.2) is 0 Å². The summed E-state index contributed by atoms with van der Waals surface area (Å²) < 4.78 is 2.42. The Bertz CT molecular complexity index is 258. The normalized spacial score (nSPS) is 13.2. The van der Waals surface area contributed by atoms with Crippen molar-refractivity contribution in [2.45, 2.75) is 79.1 Å². The summed E-state index contributed by atoms with van der Waals surface area (Å²) in [6.07, 6.45) is 11.0. The maximum atomic E-state index is 2.42. The van der Waals surface area contributed by atoms with E-state index >= 15 is 0 Å². The highest BCUT2D eigenvalue weighted by molar-refractivity contribution is 4.55. The van der Waals surface area contributed by atoms with Gasteiger partial charge in [0.2, 0.25) is 0 Å². The summed E-state index contributed by atoms with van der Waals surface area (Å²) in [5.74, 6) is 1.81. The number of hydrogen-bond acceptors (Lipinski definition) is 0. The molecule has 0 saturated heterocycles. The van der Waals surface area contributed by atoms with Crippen LogP contribution >= 0.6 is 0 Å². The lowest BCUT2D eigenvalue weighted by atomic mass is 10.0. The minimum Gasteiger partial charge on any atom is -0.328 e.